The summed E-state index contributed by atoms with van der Waals surface area (Å²) in [5.74, 6) is 0.577. The van der Waals surface area contributed by atoms with Gasteiger partial charge in [0.15, 0.2) is 11.3 Å². The summed E-state index contributed by atoms with van der Waals surface area (Å²) in [6.45, 7) is 1.44. The molecule has 9 nitrogen and oxygen atoms in total. The second-order valence-electron chi connectivity index (χ2n) is 5.45. The molecule has 0 unspecified atom stereocenters. The molecule has 132 valence electrons. The van der Waals surface area contributed by atoms with Crippen molar-refractivity contribution in [1.82, 2.24) is 20.4 Å². The number of anilines is 2. The molecule has 3 rings (SSSR count). The monoisotopic (exact) mass is 361 g/mol. The summed E-state index contributed by atoms with van der Waals surface area (Å²) in [6, 6.07) is 6.15. The number of aromatic nitrogens is 2. The lowest BCUT2D eigenvalue weighted by atomic mass is 10.3. The molecule has 0 saturated heterocycles. The number of sulfonamides is 1. The highest BCUT2D eigenvalue weighted by Gasteiger charge is 2.09. The third-order valence-electron chi connectivity index (χ3n) is 3.66. The van der Waals surface area contributed by atoms with E-state index in [1.807, 2.05) is 17.0 Å². The summed E-state index contributed by atoms with van der Waals surface area (Å²) in [5.41, 5.74) is 8.54. The van der Waals surface area contributed by atoms with Crippen molar-refractivity contribution in [3.8, 4) is 0 Å². The number of rotatable bonds is 5. The van der Waals surface area contributed by atoms with Crippen LogP contribution in [0.5, 0.6) is 0 Å². The molecule has 25 heavy (non-hydrogen) atoms. The zero-order chi connectivity index (χ0) is 17.9. The molecule has 0 saturated carbocycles. The second-order valence-corrected chi connectivity index (χ2v) is 7.01. The molecular weight excluding hydrogens is 342 g/mol. The Bertz CT molecular complexity index is 962. The molecule has 5 N–H and O–H groups in total. The first-order chi connectivity index (χ1) is 12.0. The maximum Gasteiger partial charge on any atom is 0.238 e. The summed E-state index contributed by atoms with van der Waals surface area (Å²) in [5, 5.41) is 8.26. The predicted molar refractivity (Wildman–Crippen MR) is 94.0 cm³/mol. The molecule has 2 heterocycles. The van der Waals surface area contributed by atoms with E-state index >= 15 is 0 Å². The summed E-state index contributed by atoms with van der Waals surface area (Å²) in [7, 11) is -2.01. The molecule has 2 aromatic rings. The predicted octanol–water partition coefficient (Wildman–Crippen LogP) is -0.204. The van der Waals surface area contributed by atoms with Gasteiger partial charge in [-0.2, -0.15) is 0 Å². The van der Waals surface area contributed by atoms with Gasteiger partial charge in [0.25, 0.3) is 0 Å². The molecule has 0 fully saturated rings. The van der Waals surface area contributed by atoms with Gasteiger partial charge in [-0.1, -0.05) is 0 Å². The van der Waals surface area contributed by atoms with Gasteiger partial charge < -0.3 is 15.3 Å². The highest BCUT2D eigenvalue weighted by molar-refractivity contribution is 7.89. The van der Waals surface area contributed by atoms with Crippen LogP contribution in [-0.2, 0) is 16.6 Å². The van der Waals surface area contributed by atoms with Crippen LogP contribution in [0.1, 0.15) is 0 Å². The zero-order valence-corrected chi connectivity index (χ0v) is 14.4. The van der Waals surface area contributed by atoms with Crippen LogP contribution in [0.2, 0.25) is 0 Å². The lowest BCUT2D eigenvalue weighted by Crippen LogP contribution is -2.26. The van der Waals surface area contributed by atoms with Crippen molar-refractivity contribution in [3.05, 3.63) is 53.9 Å². The van der Waals surface area contributed by atoms with E-state index in [1.165, 1.54) is 17.7 Å². The number of primary sulfonamides is 1. The molecule has 10 heteroatoms. The highest BCUT2D eigenvalue weighted by Crippen LogP contribution is 2.15. The number of hydrogen-bond donors (Lipinski definition) is 4. The molecule has 0 atom stereocenters. The van der Waals surface area contributed by atoms with Crippen LogP contribution in [0.4, 0.5) is 11.5 Å². The van der Waals surface area contributed by atoms with Gasteiger partial charge in [-0.05, 0) is 29.8 Å². The first-order valence-corrected chi connectivity index (χ1v) is 9.06. The molecule has 0 amide bonds. The van der Waals surface area contributed by atoms with Crippen molar-refractivity contribution in [2.45, 2.75) is 11.4 Å². The number of nitrogens with one attached hydrogen (secondary N) is 3. The number of hydrazine groups is 1. The van der Waals surface area contributed by atoms with Crippen LogP contribution >= 0.6 is 0 Å². The Balaban J connectivity index is 1.87. The van der Waals surface area contributed by atoms with Crippen LogP contribution in [0, 0.1) is 0 Å². The number of nitrogens with zero attached hydrogens (tertiary/aromatic N) is 3. The van der Waals surface area contributed by atoms with Gasteiger partial charge in [-0.25, -0.2) is 24.0 Å². The smallest absolute Gasteiger partial charge is 0.238 e. The first kappa shape index (κ1) is 17.1. The number of hydrogen-bond acceptors (Lipinski definition) is 7. The van der Waals surface area contributed by atoms with Gasteiger partial charge in [0.1, 0.15) is 0 Å². The van der Waals surface area contributed by atoms with E-state index in [0.717, 1.165) is 6.54 Å². The molecule has 0 spiro atoms. The maximum atomic E-state index is 11.3. The number of benzene rings is 1. The summed E-state index contributed by atoms with van der Waals surface area (Å²) >= 11 is 0. The largest absolute Gasteiger partial charge is 0.337 e. The van der Waals surface area contributed by atoms with E-state index in [-0.39, 0.29) is 4.90 Å². The molecule has 1 aromatic heterocycles. The SMILES string of the molecule is CN=c1c(Nc2ccc(S(N)(=O)=O)cc2)nccn1CC1=CNNC1. The fraction of sp³-hybridized carbons (Fsp3) is 0.200. The van der Waals surface area contributed by atoms with Crippen LogP contribution in [-0.4, -0.2) is 31.6 Å². The van der Waals surface area contributed by atoms with Gasteiger partial charge >= 0.3 is 0 Å². The van der Waals surface area contributed by atoms with Crippen LogP contribution in [0.3, 0.4) is 0 Å². The van der Waals surface area contributed by atoms with E-state index in [9.17, 15) is 8.42 Å². The lowest BCUT2D eigenvalue weighted by molar-refractivity contribution is 0.598. The van der Waals surface area contributed by atoms with Crippen molar-refractivity contribution in [3.63, 3.8) is 0 Å². The van der Waals surface area contributed by atoms with E-state index in [1.54, 1.807) is 25.4 Å². The van der Waals surface area contributed by atoms with Crippen molar-refractivity contribution in [2.75, 3.05) is 18.9 Å². The minimum absolute atomic E-state index is 0.0581. The summed E-state index contributed by atoms with van der Waals surface area (Å²) < 4.78 is 24.6. The molecule has 0 radical (unpaired) electrons. The fourth-order valence-electron chi connectivity index (χ4n) is 2.46. The molecule has 1 aliphatic rings. The third-order valence-corrected chi connectivity index (χ3v) is 4.59. The van der Waals surface area contributed by atoms with Crippen molar-refractivity contribution in [1.29, 1.82) is 0 Å². The molecule has 0 aliphatic carbocycles. The van der Waals surface area contributed by atoms with Gasteiger partial charge in [-0.15, -0.1) is 0 Å². The van der Waals surface area contributed by atoms with Crippen LogP contribution in [0.15, 0.2) is 58.3 Å². The minimum atomic E-state index is -3.71. The molecule has 1 aromatic carbocycles. The first-order valence-electron chi connectivity index (χ1n) is 7.52. The van der Waals surface area contributed by atoms with Crippen LogP contribution < -0.4 is 26.8 Å². The molecular formula is C15H19N7O2S. The van der Waals surface area contributed by atoms with Gasteiger partial charge in [0, 0.05) is 44.4 Å². The van der Waals surface area contributed by atoms with Crippen molar-refractivity contribution < 1.29 is 8.42 Å². The second kappa shape index (κ2) is 7.05. The van der Waals surface area contributed by atoms with E-state index in [0.29, 0.717) is 23.5 Å². The van der Waals surface area contributed by atoms with Gasteiger partial charge in [0.05, 0.1) is 4.90 Å². The Morgan fingerprint density at radius 1 is 1.36 bits per heavy atom. The van der Waals surface area contributed by atoms with E-state index in [2.05, 4.69) is 26.1 Å². The average molecular weight is 361 g/mol. The Morgan fingerprint density at radius 2 is 2.12 bits per heavy atom. The van der Waals surface area contributed by atoms with Crippen molar-refractivity contribution >= 4 is 21.5 Å². The Hall–Kier alpha value is -2.69. The summed E-state index contributed by atoms with van der Waals surface area (Å²) in [4.78, 5) is 8.71. The quantitative estimate of drug-likeness (QED) is 0.584. The van der Waals surface area contributed by atoms with Gasteiger partial charge in [0.2, 0.25) is 10.0 Å². The maximum absolute atomic E-state index is 11.3. The highest BCUT2D eigenvalue weighted by atomic mass is 32.2. The fourth-order valence-corrected chi connectivity index (χ4v) is 2.97. The third kappa shape index (κ3) is 4.05. The Kier molecular flexibility index (Phi) is 4.83. The topological polar surface area (TPSA) is 126 Å². The van der Waals surface area contributed by atoms with Crippen LogP contribution in [0.25, 0.3) is 0 Å². The minimum Gasteiger partial charge on any atom is -0.337 e. The lowest BCUT2D eigenvalue weighted by Gasteiger charge is -2.12. The van der Waals surface area contributed by atoms with Gasteiger partial charge in [-0.3, -0.25) is 4.99 Å². The summed E-state index contributed by atoms with van der Waals surface area (Å²) in [6.07, 6.45) is 5.47. The van der Waals surface area contributed by atoms with E-state index in [4.69, 9.17) is 5.14 Å². The Labute approximate surface area is 145 Å². The normalized spacial score (nSPS) is 15.0. The molecule has 1 aliphatic heterocycles. The average Bonchev–Trinajstić information content (AvgIpc) is 3.08. The zero-order valence-electron chi connectivity index (χ0n) is 13.6. The number of nitrogens with two attached hydrogens (primary N) is 1. The van der Waals surface area contributed by atoms with Crippen molar-refractivity contribution in [2.24, 2.45) is 10.1 Å². The standard InChI is InChI=1S/C15H19N7O2S/c1-17-15-14(18-6-7-22(15)10-11-8-19-20-9-11)21-12-2-4-13(5-3-12)25(16,23)24/h2-8,19-20H,9-10H2,1H3,(H,18,21)(H2,16,23,24). The molecule has 0 bridgehead atoms. The van der Waals surface area contributed by atoms with E-state index < -0.39 is 10.0 Å². The Morgan fingerprint density at radius 3 is 2.72 bits per heavy atom.